The predicted octanol–water partition coefficient (Wildman–Crippen LogP) is 7.62. The van der Waals surface area contributed by atoms with Gasteiger partial charge in [0.2, 0.25) is 0 Å². The van der Waals surface area contributed by atoms with Crippen LogP contribution in [0.3, 0.4) is 0 Å². The molecule has 216 valence electrons. The second-order valence-electron chi connectivity index (χ2n) is 10.9. The summed E-state index contributed by atoms with van der Waals surface area (Å²) in [4.78, 5) is 28.9. The van der Waals surface area contributed by atoms with E-state index in [1.165, 1.54) is 12.1 Å². The zero-order valence-corrected chi connectivity index (χ0v) is 24.5. The number of nitro groups is 1. The van der Waals surface area contributed by atoms with E-state index in [-0.39, 0.29) is 23.1 Å². The van der Waals surface area contributed by atoms with Crippen LogP contribution in [0.1, 0.15) is 61.3 Å². The molecule has 42 heavy (non-hydrogen) atoms. The van der Waals surface area contributed by atoms with Crippen LogP contribution in [0.5, 0.6) is 0 Å². The molecule has 0 saturated heterocycles. The molecule has 8 heteroatoms. The maximum Gasteiger partial charge on any atom is 0.271 e. The molecule has 0 saturated carbocycles. The van der Waals surface area contributed by atoms with Crippen molar-refractivity contribution in [1.29, 1.82) is 5.41 Å². The molecular weight excluding hydrogens is 528 g/mol. The molecule has 0 fully saturated rings. The highest BCUT2D eigenvalue weighted by molar-refractivity contribution is 6.20. The van der Waals surface area contributed by atoms with E-state index in [4.69, 9.17) is 0 Å². The van der Waals surface area contributed by atoms with Crippen LogP contribution in [-0.2, 0) is 4.79 Å². The van der Waals surface area contributed by atoms with Gasteiger partial charge in [0.1, 0.15) is 11.6 Å². The highest BCUT2D eigenvalue weighted by Gasteiger charge is 2.43. The highest BCUT2D eigenvalue weighted by atomic mass is 16.6. The average Bonchev–Trinajstić information content (AvgIpc) is 2.98. The molecule has 8 nitrogen and oxygen atoms in total. The zero-order valence-electron chi connectivity index (χ0n) is 24.5. The standard InChI is InChI=1S/C34H36N4O4/c1-5-36(6-2)25-18-15-23(16-19-25)30-31-27(8-7-9-29(31)39)37(28-20-26(38(41)42)17-12-22(28)4)34(35)32(30)33(40)24-13-10-21(3)11-14-24/h10-20,30,35,40H,5-9H2,1-4H3/b33-32+,35-34?. The number of carbonyl (C=O) groups is 1. The molecule has 0 aromatic heterocycles. The number of non-ortho nitro benzene ring substituents is 1. The maximum atomic E-state index is 13.8. The molecule has 0 spiro atoms. The molecule has 1 atom stereocenters. The number of hydrogen-bond donors (Lipinski definition) is 2. The summed E-state index contributed by atoms with van der Waals surface area (Å²) in [6.45, 7) is 9.70. The number of nitrogens with zero attached hydrogens (tertiary/aromatic N) is 3. The van der Waals surface area contributed by atoms with E-state index in [0.717, 1.165) is 35.5 Å². The Morgan fingerprint density at radius 1 is 1.02 bits per heavy atom. The van der Waals surface area contributed by atoms with E-state index in [2.05, 4.69) is 18.7 Å². The van der Waals surface area contributed by atoms with Crippen LogP contribution in [0.15, 0.2) is 83.6 Å². The van der Waals surface area contributed by atoms with Gasteiger partial charge in [-0.05, 0) is 63.8 Å². The van der Waals surface area contributed by atoms with Crippen molar-refractivity contribution in [2.75, 3.05) is 22.9 Å². The number of aliphatic hydroxyl groups excluding tert-OH is 1. The first-order valence-corrected chi connectivity index (χ1v) is 14.4. The van der Waals surface area contributed by atoms with Gasteiger partial charge in [0.05, 0.1) is 10.6 Å². The van der Waals surface area contributed by atoms with Gasteiger partial charge < -0.3 is 10.0 Å². The van der Waals surface area contributed by atoms with E-state index in [1.807, 2.05) is 50.2 Å². The number of carbonyl (C=O) groups excluding carboxylic acids is 1. The molecule has 5 rings (SSSR count). The number of benzene rings is 3. The van der Waals surface area contributed by atoms with Gasteiger partial charge in [-0.15, -0.1) is 0 Å². The fraction of sp³-hybridized carbons (Fsp3) is 0.294. The topological polar surface area (TPSA) is 111 Å². The minimum absolute atomic E-state index is 0.00272. The van der Waals surface area contributed by atoms with Crippen molar-refractivity contribution >= 4 is 34.4 Å². The summed E-state index contributed by atoms with van der Waals surface area (Å²) >= 11 is 0. The Morgan fingerprint density at radius 3 is 2.31 bits per heavy atom. The molecule has 1 aliphatic heterocycles. The lowest BCUT2D eigenvalue weighted by molar-refractivity contribution is -0.384. The summed E-state index contributed by atoms with van der Waals surface area (Å²) in [5.41, 5.74) is 6.01. The highest BCUT2D eigenvalue weighted by Crippen LogP contribution is 2.49. The summed E-state index contributed by atoms with van der Waals surface area (Å²) in [6, 6.07) is 20.0. The van der Waals surface area contributed by atoms with Gasteiger partial charge in [-0.1, -0.05) is 48.0 Å². The van der Waals surface area contributed by atoms with Crippen LogP contribution >= 0.6 is 0 Å². The Labute approximate surface area is 246 Å². The van der Waals surface area contributed by atoms with Crippen molar-refractivity contribution in [3.05, 3.63) is 116 Å². The van der Waals surface area contributed by atoms with Crippen LogP contribution in [0.4, 0.5) is 17.1 Å². The van der Waals surface area contributed by atoms with E-state index >= 15 is 0 Å². The number of aliphatic hydroxyl groups is 1. The number of ketones is 1. The van der Waals surface area contributed by atoms with Gasteiger partial charge >= 0.3 is 0 Å². The maximum absolute atomic E-state index is 13.8. The summed E-state index contributed by atoms with van der Waals surface area (Å²) < 4.78 is 0. The number of aryl methyl sites for hydroxylation is 2. The number of nitro benzene ring substituents is 1. The van der Waals surface area contributed by atoms with Gasteiger partial charge in [-0.3, -0.25) is 25.2 Å². The molecule has 3 aromatic rings. The van der Waals surface area contributed by atoms with Crippen molar-refractivity contribution in [3.8, 4) is 0 Å². The third-order valence-electron chi connectivity index (χ3n) is 8.33. The number of nitrogens with one attached hydrogen (secondary N) is 1. The van der Waals surface area contributed by atoms with Crippen molar-refractivity contribution in [2.24, 2.45) is 0 Å². The fourth-order valence-corrected chi connectivity index (χ4v) is 6.08. The average molecular weight is 565 g/mol. The SMILES string of the molecule is CCN(CC)c1ccc(C2C3=C(CCCC3=O)N(c3cc([N+](=O)[O-])ccc3C)C(=N)/C2=C(/O)c2ccc(C)cc2)cc1. The molecule has 2 aliphatic rings. The third-order valence-corrected chi connectivity index (χ3v) is 8.33. The lowest BCUT2D eigenvalue weighted by atomic mass is 9.73. The summed E-state index contributed by atoms with van der Waals surface area (Å²) in [6.07, 6.45) is 1.52. The molecule has 1 unspecified atom stereocenters. The smallest absolute Gasteiger partial charge is 0.271 e. The summed E-state index contributed by atoms with van der Waals surface area (Å²) in [7, 11) is 0. The van der Waals surface area contributed by atoms with Crippen molar-refractivity contribution in [2.45, 2.75) is 52.9 Å². The largest absolute Gasteiger partial charge is 0.507 e. The Morgan fingerprint density at radius 2 is 1.69 bits per heavy atom. The van der Waals surface area contributed by atoms with Gasteiger partial charge in [0.25, 0.3) is 5.69 Å². The lowest BCUT2D eigenvalue weighted by Gasteiger charge is -2.42. The Balaban J connectivity index is 1.80. The van der Waals surface area contributed by atoms with Crippen LogP contribution < -0.4 is 9.80 Å². The number of allylic oxidation sites excluding steroid dienone is 2. The Kier molecular flexibility index (Phi) is 7.98. The van der Waals surface area contributed by atoms with E-state index < -0.39 is 10.8 Å². The van der Waals surface area contributed by atoms with E-state index in [9.17, 15) is 25.4 Å². The van der Waals surface area contributed by atoms with Crippen molar-refractivity contribution in [3.63, 3.8) is 0 Å². The molecule has 1 aliphatic carbocycles. The van der Waals surface area contributed by atoms with Gasteiger partial charge in [0.15, 0.2) is 5.78 Å². The van der Waals surface area contributed by atoms with Crippen LogP contribution in [0.25, 0.3) is 5.76 Å². The number of Topliss-reactive ketones (excluding diaryl/α,β-unsaturated/α-hetero) is 1. The number of anilines is 2. The fourth-order valence-electron chi connectivity index (χ4n) is 6.08. The predicted molar refractivity (Wildman–Crippen MR) is 167 cm³/mol. The van der Waals surface area contributed by atoms with E-state index in [1.54, 1.807) is 23.1 Å². The molecular formula is C34H36N4O4. The molecule has 1 heterocycles. The first-order chi connectivity index (χ1) is 20.2. The van der Waals surface area contributed by atoms with E-state index in [0.29, 0.717) is 47.4 Å². The number of amidine groups is 1. The first kappa shape index (κ1) is 28.8. The molecule has 2 N–H and O–H groups in total. The Hall–Kier alpha value is -4.72. The Bertz CT molecular complexity index is 1620. The molecule has 0 bridgehead atoms. The minimum atomic E-state index is -0.664. The second kappa shape index (κ2) is 11.6. The second-order valence-corrected chi connectivity index (χ2v) is 10.9. The first-order valence-electron chi connectivity index (χ1n) is 14.4. The lowest BCUT2D eigenvalue weighted by Crippen LogP contribution is -2.42. The van der Waals surface area contributed by atoms with Crippen LogP contribution in [-0.4, -0.2) is 34.7 Å². The monoisotopic (exact) mass is 564 g/mol. The van der Waals surface area contributed by atoms with Gasteiger partial charge in [-0.2, -0.15) is 0 Å². The quantitative estimate of drug-likeness (QED) is 0.174. The third kappa shape index (κ3) is 5.09. The van der Waals surface area contributed by atoms with Crippen molar-refractivity contribution < 1.29 is 14.8 Å². The van der Waals surface area contributed by atoms with Crippen molar-refractivity contribution in [1.82, 2.24) is 0 Å². The zero-order chi connectivity index (χ0) is 30.1. The normalized spacial score (nSPS) is 18.2. The molecule has 3 aromatic carbocycles. The van der Waals surface area contributed by atoms with Crippen LogP contribution in [0, 0.1) is 29.4 Å². The van der Waals surface area contributed by atoms with Crippen LogP contribution in [0.2, 0.25) is 0 Å². The minimum Gasteiger partial charge on any atom is -0.507 e. The van der Waals surface area contributed by atoms with Gasteiger partial charge in [-0.25, -0.2) is 0 Å². The summed E-state index contributed by atoms with van der Waals surface area (Å²) in [5.74, 6) is -0.787. The summed E-state index contributed by atoms with van der Waals surface area (Å²) in [5, 5.41) is 33.2. The number of rotatable bonds is 7. The van der Waals surface area contributed by atoms with Gasteiger partial charge in [0, 0.05) is 65.7 Å². The number of hydrogen-bond acceptors (Lipinski definition) is 6. The molecule has 0 radical (unpaired) electrons. The molecule has 0 amide bonds.